The van der Waals surface area contributed by atoms with Crippen molar-refractivity contribution < 1.29 is 18.7 Å². The first kappa shape index (κ1) is 25.5. The number of nitrogens with one attached hydrogen (secondary N) is 2. The van der Waals surface area contributed by atoms with Crippen LogP contribution in [-0.4, -0.2) is 41.2 Å². The van der Waals surface area contributed by atoms with E-state index in [1.54, 1.807) is 61.7 Å². The Bertz CT molecular complexity index is 1560. The highest BCUT2D eigenvalue weighted by Crippen LogP contribution is 2.14. The third-order valence-electron chi connectivity index (χ3n) is 5.69. The molecule has 0 spiro atoms. The number of nitrogens with zero attached hydrogens (tertiary/aromatic N) is 2. The van der Waals surface area contributed by atoms with Crippen molar-refractivity contribution in [1.82, 2.24) is 14.5 Å². The molecule has 0 atom stereocenters. The van der Waals surface area contributed by atoms with Gasteiger partial charge in [0.2, 0.25) is 11.8 Å². The third-order valence-corrected chi connectivity index (χ3v) is 5.69. The Labute approximate surface area is 211 Å². The van der Waals surface area contributed by atoms with Gasteiger partial charge in [-0.2, -0.15) is 0 Å². The first-order valence-electron chi connectivity index (χ1n) is 11.5. The molecular formula is C27H25FN4O5. The fourth-order valence-electron chi connectivity index (χ4n) is 3.90. The summed E-state index contributed by atoms with van der Waals surface area (Å²) in [6.45, 7) is 0.359. The molecule has 0 saturated heterocycles. The standard InChI is InChI=1S/C27H25FN4O5/c1-37-15-14-29-24(33)16-18-10-12-19(13-11-18)32-26(35)20-6-2-5-9-23(20)31(27(32)36)17-25(34)30-22-8-4-3-7-21(22)28/h2-13H,14-17H2,1H3,(H,29,33)(H,30,34). The van der Waals surface area contributed by atoms with Crippen LogP contribution in [-0.2, 0) is 27.3 Å². The van der Waals surface area contributed by atoms with Crippen molar-refractivity contribution in [3.63, 3.8) is 0 Å². The number of ether oxygens (including phenoxy) is 1. The minimum atomic E-state index is -0.725. The lowest BCUT2D eigenvalue weighted by Crippen LogP contribution is -2.40. The Morgan fingerprint density at radius 3 is 2.35 bits per heavy atom. The number of carbonyl (C=O) groups excluding carboxylic acids is 2. The van der Waals surface area contributed by atoms with Gasteiger partial charge < -0.3 is 15.4 Å². The Kier molecular flexibility index (Phi) is 7.89. The van der Waals surface area contributed by atoms with E-state index in [0.717, 1.165) is 4.57 Å². The second-order valence-electron chi connectivity index (χ2n) is 8.24. The molecule has 2 N–H and O–H groups in total. The van der Waals surface area contributed by atoms with E-state index in [4.69, 9.17) is 4.74 Å². The van der Waals surface area contributed by atoms with Crippen LogP contribution in [0.15, 0.2) is 82.4 Å². The van der Waals surface area contributed by atoms with Crippen molar-refractivity contribution in [3.05, 3.63) is 105 Å². The third kappa shape index (κ3) is 5.81. The smallest absolute Gasteiger partial charge is 0.336 e. The molecule has 190 valence electrons. The molecule has 0 saturated carbocycles. The number of hydrogen-bond acceptors (Lipinski definition) is 5. The number of benzene rings is 3. The minimum Gasteiger partial charge on any atom is -0.383 e. The summed E-state index contributed by atoms with van der Waals surface area (Å²) in [6.07, 6.45) is 0.122. The zero-order valence-electron chi connectivity index (χ0n) is 20.1. The molecule has 10 heteroatoms. The Balaban J connectivity index is 1.66. The largest absolute Gasteiger partial charge is 0.383 e. The monoisotopic (exact) mass is 504 g/mol. The van der Waals surface area contributed by atoms with Crippen LogP contribution in [0.4, 0.5) is 10.1 Å². The van der Waals surface area contributed by atoms with Crippen LogP contribution in [0.2, 0.25) is 0 Å². The molecular weight excluding hydrogens is 479 g/mol. The van der Waals surface area contributed by atoms with Gasteiger partial charge >= 0.3 is 5.69 Å². The molecule has 0 radical (unpaired) electrons. The second-order valence-corrected chi connectivity index (χ2v) is 8.24. The van der Waals surface area contributed by atoms with Crippen LogP contribution >= 0.6 is 0 Å². The van der Waals surface area contributed by atoms with Crippen LogP contribution in [0.1, 0.15) is 5.56 Å². The van der Waals surface area contributed by atoms with Gasteiger partial charge in [-0.05, 0) is 42.0 Å². The highest BCUT2D eigenvalue weighted by atomic mass is 19.1. The molecule has 2 amide bonds. The van der Waals surface area contributed by atoms with Gasteiger partial charge in [0.25, 0.3) is 5.56 Å². The number of aromatic nitrogens is 2. The first-order valence-corrected chi connectivity index (χ1v) is 11.5. The van der Waals surface area contributed by atoms with Gasteiger partial charge in [-0.3, -0.25) is 19.0 Å². The predicted molar refractivity (Wildman–Crippen MR) is 137 cm³/mol. The highest BCUT2D eigenvalue weighted by molar-refractivity contribution is 5.91. The number of fused-ring (bicyclic) bond motifs is 1. The summed E-state index contributed by atoms with van der Waals surface area (Å²) >= 11 is 0. The number of methoxy groups -OCH3 is 1. The minimum absolute atomic E-state index is 0.0139. The van der Waals surface area contributed by atoms with Crippen LogP contribution < -0.4 is 21.9 Å². The van der Waals surface area contributed by atoms with E-state index in [2.05, 4.69) is 10.6 Å². The molecule has 3 aromatic carbocycles. The van der Waals surface area contributed by atoms with E-state index < -0.39 is 29.5 Å². The maximum atomic E-state index is 14.0. The normalized spacial score (nSPS) is 10.9. The van der Waals surface area contributed by atoms with E-state index in [-0.39, 0.29) is 34.6 Å². The van der Waals surface area contributed by atoms with Gasteiger partial charge in [0, 0.05) is 13.7 Å². The average Bonchev–Trinajstić information content (AvgIpc) is 2.89. The Hall–Kier alpha value is -4.57. The lowest BCUT2D eigenvalue weighted by Gasteiger charge is -2.15. The Morgan fingerprint density at radius 2 is 1.62 bits per heavy atom. The quantitative estimate of drug-likeness (QED) is 0.340. The fourth-order valence-corrected chi connectivity index (χ4v) is 3.90. The van der Waals surface area contributed by atoms with Gasteiger partial charge in [0.05, 0.1) is 35.3 Å². The molecule has 9 nitrogen and oxygen atoms in total. The second kappa shape index (κ2) is 11.4. The molecule has 1 heterocycles. The maximum Gasteiger partial charge on any atom is 0.336 e. The number of rotatable bonds is 9. The van der Waals surface area contributed by atoms with E-state index in [0.29, 0.717) is 18.7 Å². The van der Waals surface area contributed by atoms with Crippen molar-refractivity contribution in [2.75, 3.05) is 25.6 Å². The zero-order chi connectivity index (χ0) is 26.4. The number of hydrogen-bond donors (Lipinski definition) is 2. The molecule has 0 aliphatic carbocycles. The molecule has 0 fully saturated rings. The molecule has 4 aromatic rings. The summed E-state index contributed by atoms with van der Waals surface area (Å²) in [5.74, 6) is -1.42. The van der Waals surface area contributed by atoms with E-state index in [9.17, 15) is 23.6 Å². The van der Waals surface area contributed by atoms with Crippen molar-refractivity contribution in [3.8, 4) is 5.69 Å². The molecule has 0 aliphatic heterocycles. The number of carbonyl (C=O) groups is 2. The van der Waals surface area contributed by atoms with Crippen molar-refractivity contribution >= 4 is 28.4 Å². The number of halogens is 1. The summed E-state index contributed by atoms with van der Waals surface area (Å²) in [4.78, 5) is 51.5. The van der Waals surface area contributed by atoms with Gasteiger partial charge in [0.1, 0.15) is 12.4 Å². The molecule has 37 heavy (non-hydrogen) atoms. The molecule has 0 bridgehead atoms. The van der Waals surface area contributed by atoms with Gasteiger partial charge in [-0.15, -0.1) is 0 Å². The summed E-state index contributed by atoms with van der Waals surface area (Å²) < 4.78 is 21.0. The Morgan fingerprint density at radius 1 is 0.919 bits per heavy atom. The van der Waals surface area contributed by atoms with Crippen LogP contribution in [0, 0.1) is 5.82 Å². The predicted octanol–water partition coefficient (Wildman–Crippen LogP) is 2.24. The summed E-state index contributed by atoms with van der Waals surface area (Å²) in [5.41, 5.74) is -0.0275. The topological polar surface area (TPSA) is 111 Å². The summed E-state index contributed by atoms with van der Waals surface area (Å²) in [7, 11) is 1.54. The summed E-state index contributed by atoms with van der Waals surface area (Å²) in [5, 5.41) is 5.43. The van der Waals surface area contributed by atoms with E-state index in [1.165, 1.54) is 22.8 Å². The fraction of sp³-hybridized carbons (Fsp3) is 0.185. The maximum absolute atomic E-state index is 14.0. The molecule has 1 aromatic heterocycles. The number of para-hydroxylation sites is 2. The van der Waals surface area contributed by atoms with Gasteiger partial charge in [0.15, 0.2) is 0 Å². The van der Waals surface area contributed by atoms with Crippen molar-refractivity contribution in [2.24, 2.45) is 0 Å². The SMILES string of the molecule is COCCNC(=O)Cc1ccc(-n2c(=O)c3ccccc3n(CC(=O)Nc3ccccc3F)c2=O)cc1. The van der Waals surface area contributed by atoms with E-state index >= 15 is 0 Å². The van der Waals surface area contributed by atoms with Crippen molar-refractivity contribution in [1.29, 1.82) is 0 Å². The van der Waals surface area contributed by atoms with Crippen LogP contribution in [0.25, 0.3) is 16.6 Å². The lowest BCUT2D eigenvalue weighted by atomic mass is 10.1. The highest BCUT2D eigenvalue weighted by Gasteiger charge is 2.17. The lowest BCUT2D eigenvalue weighted by molar-refractivity contribution is -0.120. The first-order chi connectivity index (χ1) is 17.9. The number of amides is 2. The summed E-state index contributed by atoms with van der Waals surface area (Å²) in [6, 6.07) is 18.6. The zero-order valence-corrected chi connectivity index (χ0v) is 20.1. The molecule has 4 rings (SSSR count). The van der Waals surface area contributed by atoms with Gasteiger partial charge in [-0.25, -0.2) is 13.8 Å². The van der Waals surface area contributed by atoms with Crippen LogP contribution in [0.5, 0.6) is 0 Å². The molecule has 0 aliphatic rings. The average molecular weight is 505 g/mol. The van der Waals surface area contributed by atoms with E-state index in [1.807, 2.05) is 0 Å². The number of anilines is 1. The van der Waals surface area contributed by atoms with Crippen molar-refractivity contribution in [2.45, 2.75) is 13.0 Å². The van der Waals surface area contributed by atoms with Gasteiger partial charge in [-0.1, -0.05) is 36.4 Å². The molecule has 0 unspecified atom stereocenters. The van der Waals surface area contributed by atoms with Crippen LogP contribution in [0.3, 0.4) is 0 Å².